The second kappa shape index (κ2) is 4.29. The summed E-state index contributed by atoms with van der Waals surface area (Å²) < 4.78 is 11.6. The van der Waals surface area contributed by atoms with E-state index >= 15 is 0 Å². The molecule has 17 heavy (non-hydrogen) atoms. The van der Waals surface area contributed by atoms with E-state index in [-0.39, 0.29) is 6.79 Å². The normalized spacial score (nSPS) is 13.1. The molecule has 0 aliphatic carbocycles. The highest BCUT2D eigenvalue weighted by molar-refractivity contribution is 9.10. The van der Waals surface area contributed by atoms with Gasteiger partial charge in [-0.15, -0.1) is 11.3 Å². The topological polar surface area (TPSA) is 57.4 Å². The number of benzene rings is 1. The lowest BCUT2D eigenvalue weighted by atomic mass is 10.1. The van der Waals surface area contributed by atoms with Crippen LogP contribution in [-0.4, -0.2) is 11.8 Å². The van der Waals surface area contributed by atoms with E-state index in [9.17, 15) is 0 Å². The second-order valence-corrected chi connectivity index (χ2v) is 5.31. The molecule has 0 atom stereocenters. The molecule has 0 radical (unpaired) electrons. The van der Waals surface area contributed by atoms with Crippen molar-refractivity contribution >= 4 is 27.3 Å². The molecule has 0 amide bonds. The Hall–Kier alpha value is -1.11. The summed E-state index contributed by atoms with van der Waals surface area (Å²) in [6.45, 7) is 0.739. The molecule has 0 bridgehead atoms. The first kappa shape index (κ1) is 11.0. The Morgan fingerprint density at radius 3 is 2.82 bits per heavy atom. The van der Waals surface area contributed by atoms with E-state index in [4.69, 9.17) is 15.2 Å². The Morgan fingerprint density at radius 1 is 1.35 bits per heavy atom. The average Bonchev–Trinajstić information content (AvgIpc) is 2.94. The summed E-state index contributed by atoms with van der Waals surface area (Å²) in [7, 11) is 0. The number of hydrogen-bond donors (Lipinski definition) is 1. The summed E-state index contributed by atoms with van der Waals surface area (Å²) in [4.78, 5) is 4.45. The van der Waals surface area contributed by atoms with Gasteiger partial charge in [0.05, 0.1) is 5.69 Å². The lowest BCUT2D eigenvalue weighted by Crippen LogP contribution is -1.94. The van der Waals surface area contributed by atoms with Crippen LogP contribution in [0.4, 0.5) is 0 Å². The zero-order chi connectivity index (χ0) is 11.8. The van der Waals surface area contributed by atoms with Crippen molar-refractivity contribution in [2.45, 2.75) is 6.54 Å². The first-order valence-corrected chi connectivity index (χ1v) is 6.69. The van der Waals surface area contributed by atoms with E-state index in [2.05, 4.69) is 20.9 Å². The maximum Gasteiger partial charge on any atom is 0.231 e. The molecular weight excluding hydrogens is 304 g/mol. The zero-order valence-electron chi connectivity index (χ0n) is 8.77. The van der Waals surface area contributed by atoms with Crippen molar-refractivity contribution in [1.82, 2.24) is 4.98 Å². The summed E-state index contributed by atoms with van der Waals surface area (Å²) >= 11 is 5.07. The van der Waals surface area contributed by atoms with E-state index in [1.54, 1.807) is 11.3 Å². The van der Waals surface area contributed by atoms with Gasteiger partial charge in [0, 0.05) is 22.0 Å². The van der Waals surface area contributed by atoms with Crippen LogP contribution in [0.5, 0.6) is 11.5 Å². The summed E-state index contributed by atoms with van der Waals surface area (Å²) in [6.07, 6.45) is 0. The molecule has 0 fully saturated rings. The average molecular weight is 313 g/mol. The zero-order valence-corrected chi connectivity index (χ0v) is 11.2. The van der Waals surface area contributed by atoms with Gasteiger partial charge in [-0.3, -0.25) is 0 Å². The van der Waals surface area contributed by atoms with E-state index in [0.29, 0.717) is 6.54 Å². The molecular formula is C11H9BrN2O2S. The van der Waals surface area contributed by atoms with Crippen molar-refractivity contribution < 1.29 is 9.47 Å². The Morgan fingerprint density at radius 2 is 2.12 bits per heavy atom. The van der Waals surface area contributed by atoms with Crippen LogP contribution in [0.2, 0.25) is 0 Å². The molecule has 0 spiro atoms. The van der Waals surface area contributed by atoms with E-state index in [1.165, 1.54) is 0 Å². The van der Waals surface area contributed by atoms with Crippen molar-refractivity contribution in [3.63, 3.8) is 0 Å². The molecule has 2 aromatic rings. The molecule has 1 aliphatic rings. The van der Waals surface area contributed by atoms with Gasteiger partial charge in [-0.2, -0.15) is 0 Å². The van der Waals surface area contributed by atoms with Gasteiger partial charge in [0.1, 0.15) is 5.01 Å². The fourth-order valence-electron chi connectivity index (χ4n) is 1.64. The Balaban J connectivity index is 2.08. The Kier molecular flexibility index (Phi) is 2.78. The molecule has 88 valence electrons. The molecule has 0 saturated carbocycles. The quantitative estimate of drug-likeness (QED) is 0.926. The van der Waals surface area contributed by atoms with Crippen LogP contribution in [0.1, 0.15) is 5.01 Å². The minimum Gasteiger partial charge on any atom is -0.454 e. The number of hydrogen-bond acceptors (Lipinski definition) is 5. The molecule has 0 unspecified atom stereocenters. The first-order valence-electron chi connectivity index (χ1n) is 5.02. The molecule has 3 rings (SSSR count). The number of ether oxygens (including phenoxy) is 2. The van der Waals surface area contributed by atoms with Gasteiger partial charge in [0.15, 0.2) is 11.5 Å². The highest BCUT2D eigenvalue weighted by Crippen LogP contribution is 2.41. The maximum atomic E-state index is 5.56. The molecule has 1 aliphatic heterocycles. The van der Waals surface area contributed by atoms with Crippen LogP contribution in [0.15, 0.2) is 22.0 Å². The molecule has 2 heterocycles. The molecule has 4 nitrogen and oxygen atoms in total. The largest absolute Gasteiger partial charge is 0.454 e. The van der Waals surface area contributed by atoms with Gasteiger partial charge in [-0.1, -0.05) is 0 Å². The molecule has 1 aromatic heterocycles. The fourth-order valence-corrected chi connectivity index (χ4v) is 2.84. The van der Waals surface area contributed by atoms with E-state index in [1.807, 2.05) is 17.5 Å². The van der Waals surface area contributed by atoms with Crippen LogP contribution in [0.25, 0.3) is 11.3 Å². The van der Waals surface area contributed by atoms with Gasteiger partial charge in [-0.05, 0) is 28.1 Å². The highest BCUT2D eigenvalue weighted by atomic mass is 79.9. The van der Waals surface area contributed by atoms with Crippen molar-refractivity contribution in [3.05, 3.63) is 27.0 Å². The van der Waals surface area contributed by atoms with E-state index in [0.717, 1.165) is 32.2 Å². The number of halogens is 1. The predicted octanol–water partition coefficient (Wildman–Crippen LogP) is 2.76. The van der Waals surface area contributed by atoms with Crippen molar-refractivity contribution in [3.8, 4) is 22.8 Å². The smallest absolute Gasteiger partial charge is 0.231 e. The van der Waals surface area contributed by atoms with Crippen LogP contribution >= 0.6 is 27.3 Å². The van der Waals surface area contributed by atoms with Gasteiger partial charge in [0.2, 0.25) is 6.79 Å². The number of fused-ring (bicyclic) bond motifs is 1. The Bertz CT molecular complexity index is 571. The third-order valence-electron chi connectivity index (χ3n) is 2.46. The third-order valence-corrected chi connectivity index (χ3v) is 3.99. The first-order chi connectivity index (χ1) is 8.28. The van der Waals surface area contributed by atoms with Gasteiger partial charge in [-0.25, -0.2) is 4.98 Å². The second-order valence-electron chi connectivity index (χ2n) is 3.52. The predicted molar refractivity (Wildman–Crippen MR) is 69.3 cm³/mol. The number of aromatic nitrogens is 1. The molecule has 6 heteroatoms. The van der Waals surface area contributed by atoms with Crippen LogP contribution in [0, 0.1) is 0 Å². The number of thiazole rings is 1. The van der Waals surface area contributed by atoms with Crippen LogP contribution in [-0.2, 0) is 6.54 Å². The summed E-state index contributed by atoms with van der Waals surface area (Å²) in [5.41, 5.74) is 7.46. The number of nitrogens with two attached hydrogens (primary N) is 1. The standard InChI is InChI=1S/C11H9BrN2O2S/c12-7-2-10-9(15-5-16-10)1-6(7)8-4-17-11(3-13)14-8/h1-2,4H,3,5,13H2. The minimum atomic E-state index is 0.274. The minimum absolute atomic E-state index is 0.274. The number of rotatable bonds is 2. The SMILES string of the molecule is NCc1nc(-c2cc3c(cc2Br)OCO3)cs1. The van der Waals surface area contributed by atoms with Gasteiger partial charge < -0.3 is 15.2 Å². The highest BCUT2D eigenvalue weighted by Gasteiger charge is 2.18. The summed E-state index contributed by atoms with van der Waals surface area (Å²) in [6, 6.07) is 3.83. The summed E-state index contributed by atoms with van der Waals surface area (Å²) in [5, 5.41) is 2.91. The van der Waals surface area contributed by atoms with Crippen molar-refractivity contribution in [2.24, 2.45) is 5.73 Å². The monoisotopic (exact) mass is 312 g/mol. The third kappa shape index (κ3) is 1.92. The lowest BCUT2D eigenvalue weighted by molar-refractivity contribution is 0.174. The van der Waals surface area contributed by atoms with Crippen molar-refractivity contribution in [2.75, 3.05) is 6.79 Å². The Labute approximate surface area is 111 Å². The fraction of sp³-hybridized carbons (Fsp3) is 0.182. The molecule has 0 saturated heterocycles. The summed E-state index contributed by atoms with van der Waals surface area (Å²) in [5.74, 6) is 1.51. The van der Waals surface area contributed by atoms with Crippen LogP contribution in [0.3, 0.4) is 0 Å². The van der Waals surface area contributed by atoms with Gasteiger partial charge >= 0.3 is 0 Å². The molecule has 1 aromatic carbocycles. The lowest BCUT2D eigenvalue weighted by Gasteiger charge is -2.03. The van der Waals surface area contributed by atoms with E-state index < -0.39 is 0 Å². The molecule has 2 N–H and O–H groups in total. The van der Waals surface area contributed by atoms with Crippen molar-refractivity contribution in [1.29, 1.82) is 0 Å². The van der Waals surface area contributed by atoms with Crippen LogP contribution < -0.4 is 15.2 Å². The number of nitrogens with zero attached hydrogens (tertiary/aromatic N) is 1. The van der Waals surface area contributed by atoms with Gasteiger partial charge in [0.25, 0.3) is 0 Å². The maximum absolute atomic E-state index is 5.56.